The molecule has 1 saturated heterocycles. The number of hydrogen-bond donors (Lipinski definition) is 1. The number of nitrogens with one attached hydrogen (secondary N) is 1. The highest BCUT2D eigenvalue weighted by Crippen LogP contribution is 2.43. The maximum atomic E-state index is 13.2. The second-order valence-electron chi connectivity index (χ2n) is 9.41. The van der Waals surface area contributed by atoms with Gasteiger partial charge in [-0.05, 0) is 57.9 Å². The molecule has 5 nitrogen and oxygen atoms in total. The summed E-state index contributed by atoms with van der Waals surface area (Å²) in [6.45, 7) is 12.5. The Labute approximate surface area is 146 Å². The van der Waals surface area contributed by atoms with Crippen LogP contribution in [-0.4, -0.2) is 48.1 Å². The standard InChI is InChI=1S/C19H34N2O3/c1-18(2,3)15(20-7)16(22)21-11-12-9-8-10-13(12)14(21)17(23)24-19(4,5)6/h12-15,20H,8-11H2,1-7H3/t12-,13-,14-,15+/m0/s1. The first-order valence-corrected chi connectivity index (χ1v) is 9.16. The number of rotatable bonds is 3. The predicted octanol–water partition coefficient (Wildman–Crippen LogP) is 2.59. The van der Waals surface area contributed by atoms with Crippen LogP contribution in [0.25, 0.3) is 0 Å². The molecule has 0 radical (unpaired) electrons. The average molecular weight is 338 g/mol. The maximum absolute atomic E-state index is 13.2. The quantitative estimate of drug-likeness (QED) is 0.804. The van der Waals surface area contributed by atoms with Gasteiger partial charge >= 0.3 is 5.97 Å². The van der Waals surface area contributed by atoms with Crippen molar-refractivity contribution in [3.8, 4) is 0 Å². The highest BCUT2D eigenvalue weighted by molar-refractivity contribution is 5.89. The highest BCUT2D eigenvalue weighted by Gasteiger charge is 2.52. The van der Waals surface area contributed by atoms with Crippen molar-refractivity contribution < 1.29 is 14.3 Å². The number of carbonyl (C=O) groups excluding carboxylic acids is 2. The zero-order chi connectivity index (χ0) is 18.3. The smallest absolute Gasteiger partial charge is 0.329 e. The molecule has 1 aliphatic carbocycles. The summed E-state index contributed by atoms with van der Waals surface area (Å²) < 4.78 is 5.66. The van der Waals surface area contributed by atoms with Crippen molar-refractivity contribution in [1.29, 1.82) is 0 Å². The second-order valence-corrected chi connectivity index (χ2v) is 9.41. The SMILES string of the molecule is CN[C@H](C(=O)N1C[C@@H]2CCC[C@@H]2[C@H]1C(=O)OC(C)(C)C)C(C)(C)C. The molecule has 1 heterocycles. The molecular weight excluding hydrogens is 304 g/mol. The Morgan fingerprint density at radius 3 is 2.25 bits per heavy atom. The summed E-state index contributed by atoms with van der Waals surface area (Å²) >= 11 is 0. The molecule has 0 aromatic heterocycles. The van der Waals surface area contributed by atoms with Crippen LogP contribution >= 0.6 is 0 Å². The van der Waals surface area contributed by atoms with E-state index < -0.39 is 11.6 Å². The monoisotopic (exact) mass is 338 g/mol. The molecule has 0 aromatic rings. The molecule has 0 spiro atoms. The second kappa shape index (κ2) is 6.66. The van der Waals surface area contributed by atoms with Gasteiger partial charge in [-0.1, -0.05) is 27.2 Å². The molecule has 2 aliphatic rings. The number of hydrogen-bond acceptors (Lipinski definition) is 4. The zero-order valence-electron chi connectivity index (χ0n) is 16.3. The number of likely N-dealkylation sites (N-methyl/N-ethyl adjacent to an activating group) is 1. The molecule has 1 saturated carbocycles. The Morgan fingerprint density at radius 1 is 1.12 bits per heavy atom. The van der Waals surface area contributed by atoms with Crippen molar-refractivity contribution in [2.75, 3.05) is 13.6 Å². The van der Waals surface area contributed by atoms with Crippen molar-refractivity contribution in [2.45, 2.75) is 78.5 Å². The Balaban J connectivity index is 2.26. The van der Waals surface area contributed by atoms with E-state index in [1.807, 2.05) is 48.6 Å². The third-order valence-electron chi connectivity index (χ3n) is 5.22. The predicted molar refractivity (Wildman–Crippen MR) is 94.5 cm³/mol. The molecule has 4 atom stereocenters. The van der Waals surface area contributed by atoms with Gasteiger partial charge in [0.2, 0.25) is 5.91 Å². The van der Waals surface area contributed by atoms with Gasteiger partial charge in [0.15, 0.2) is 0 Å². The highest BCUT2D eigenvalue weighted by atomic mass is 16.6. The number of likely N-dealkylation sites (tertiary alicyclic amines) is 1. The normalized spacial score (nSPS) is 28.6. The van der Waals surface area contributed by atoms with Crippen LogP contribution in [0.3, 0.4) is 0 Å². The van der Waals surface area contributed by atoms with E-state index in [0.717, 1.165) is 19.3 Å². The molecule has 5 heteroatoms. The van der Waals surface area contributed by atoms with E-state index in [2.05, 4.69) is 5.32 Å². The van der Waals surface area contributed by atoms with Gasteiger partial charge < -0.3 is 15.0 Å². The van der Waals surface area contributed by atoms with E-state index in [-0.39, 0.29) is 29.3 Å². The van der Waals surface area contributed by atoms with E-state index >= 15 is 0 Å². The summed E-state index contributed by atoms with van der Waals surface area (Å²) in [6.07, 6.45) is 3.26. The molecule has 2 rings (SSSR count). The average Bonchev–Trinajstić information content (AvgIpc) is 2.94. The molecule has 0 bridgehead atoms. The molecule has 1 aliphatic heterocycles. The lowest BCUT2D eigenvalue weighted by Gasteiger charge is -2.36. The number of nitrogens with zero attached hydrogens (tertiary/aromatic N) is 1. The summed E-state index contributed by atoms with van der Waals surface area (Å²) in [4.78, 5) is 27.8. The molecular formula is C19H34N2O3. The van der Waals surface area contributed by atoms with Crippen LogP contribution in [-0.2, 0) is 14.3 Å². The summed E-state index contributed by atoms with van der Waals surface area (Å²) in [5.41, 5.74) is -0.739. The van der Waals surface area contributed by atoms with Gasteiger partial charge in [0.05, 0.1) is 6.04 Å². The number of esters is 1. The fourth-order valence-electron chi connectivity index (χ4n) is 4.29. The largest absolute Gasteiger partial charge is 0.458 e. The summed E-state index contributed by atoms with van der Waals surface area (Å²) in [6, 6.07) is -0.733. The summed E-state index contributed by atoms with van der Waals surface area (Å²) in [5, 5.41) is 3.15. The maximum Gasteiger partial charge on any atom is 0.329 e. The third-order valence-corrected chi connectivity index (χ3v) is 5.22. The van der Waals surface area contributed by atoms with Gasteiger partial charge in [-0.15, -0.1) is 0 Å². The van der Waals surface area contributed by atoms with Crippen LogP contribution in [0.4, 0.5) is 0 Å². The lowest BCUT2D eigenvalue weighted by atomic mass is 9.85. The van der Waals surface area contributed by atoms with Crippen molar-refractivity contribution in [3.63, 3.8) is 0 Å². The Bertz CT molecular complexity index is 490. The van der Waals surface area contributed by atoms with E-state index in [9.17, 15) is 9.59 Å². The number of fused-ring (bicyclic) bond motifs is 1. The third kappa shape index (κ3) is 3.93. The van der Waals surface area contributed by atoms with Crippen molar-refractivity contribution in [1.82, 2.24) is 10.2 Å². The minimum absolute atomic E-state index is 0.0234. The number of carbonyl (C=O) groups is 2. The van der Waals surface area contributed by atoms with Gasteiger partial charge in [-0.25, -0.2) is 4.79 Å². The molecule has 0 unspecified atom stereocenters. The van der Waals surface area contributed by atoms with Crippen molar-refractivity contribution in [3.05, 3.63) is 0 Å². The van der Waals surface area contributed by atoms with Gasteiger partial charge in [-0.3, -0.25) is 4.79 Å². The minimum Gasteiger partial charge on any atom is -0.458 e. The number of ether oxygens (including phenoxy) is 1. The van der Waals surface area contributed by atoms with Crippen molar-refractivity contribution in [2.24, 2.45) is 17.3 Å². The van der Waals surface area contributed by atoms with Gasteiger partial charge in [0.1, 0.15) is 11.6 Å². The number of amides is 1. The Kier molecular flexibility index (Phi) is 5.34. The topological polar surface area (TPSA) is 58.6 Å². The van der Waals surface area contributed by atoms with Gasteiger partial charge in [0.25, 0.3) is 0 Å². The first kappa shape index (κ1) is 19.2. The van der Waals surface area contributed by atoms with Crippen LogP contribution in [0.5, 0.6) is 0 Å². The summed E-state index contributed by atoms with van der Waals surface area (Å²) in [7, 11) is 1.81. The molecule has 138 valence electrons. The lowest BCUT2D eigenvalue weighted by Crippen LogP contribution is -2.55. The van der Waals surface area contributed by atoms with Gasteiger partial charge in [0, 0.05) is 6.54 Å². The van der Waals surface area contributed by atoms with Crippen LogP contribution < -0.4 is 5.32 Å². The van der Waals surface area contributed by atoms with E-state index in [1.54, 1.807) is 4.90 Å². The van der Waals surface area contributed by atoms with Gasteiger partial charge in [-0.2, -0.15) is 0 Å². The molecule has 1 N–H and O–H groups in total. The lowest BCUT2D eigenvalue weighted by molar-refractivity contribution is -0.165. The van der Waals surface area contributed by atoms with Crippen LogP contribution in [0.2, 0.25) is 0 Å². The first-order chi connectivity index (χ1) is 11.0. The van der Waals surface area contributed by atoms with E-state index in [1.165, 1.54) is 0 Å². The van der Waals surface area contributed by atoms with Crippen LogP contribution in [0.1, 0.15) is 60.8 Å². The molecule has 1 amide bonds. The molecule has 2 fully saturated rings. The van der Waals surface area contributed by atoms with Crippen molar-refractivity contribution >= 4 is 11.9 Å². The van der Waals surface area contributed by atoms with E-state index in [4.69, 9.17) is 4.74 Å². The zero-order valence-corrected chi connectivity index (χ0v) is 16.3. The van der Waals surface area contributed by atoms with Crippen LogP contribution in [0.15, 0.2) is 0 Å². The Hall–Kier alpha value is -1.10. The van der Waals surface area contributed by atoms with Crippen LogP contribution in [0, 0.1) is 17.3 Å². The fraction of sp³-hybridized carbons (Fsp3) is 0.895. The minimum atomic E-state index is -0.533. The molecule has 24 heavy (non-hydrogen) atoms. The first-order valence-electron chi connectivity index (χ1n) is 9.16. The Morgan fingerprint density at radius 2 is 1.75 bits per heavy atom. The molecule has 0 aromatic carbocycles. The van der Waals surface area contributed by atoms with E-state index in [0.29, 0.717) is 12.5 Å². The fourth-order valence-corrected chi connectivity index (χ4v) is 4.29. The summed E-state index contributed by atoms with van der Waals surface area (Å²) in [5.74, 6) is 0.467.